The van der Waals surface area contributed by atoms with Crippen molar-refractivity contribution in [1.29, 1.82) is 0 Å². The molecule has 27 heavy (non-hydrogen) atoms. The molecule has 1 heterocycles. The van der Waals surface area contributed by atoms with Gasteiger partial charge in [0.1, 0.15) is 12.4 Å². The minimum absolute atomic E-state index is 0.0305. The number of amides is 1. The zero-order valence-electron chi connectivity index (χ0n) is 14.5. The Balaban J connectivity index is 1.75. The average molecular weight is 475 g/mol. The third-order valence-electron chi connectivity index (χ3n) is 4.47. The van der Waals surface area contributed by atoms with Gasteiger partial charge in [0.15, 0.2) is 0 Å². The predicted molar refractivity (Wildman–Crippen MR) is 113 cm³/mol. The van der Waals surface area contributed by atoms with Crippen LogP contribution >= 0.6 is 22.6 Å². The van der Waals surface area contributed by atoms with Crippen molar-refractivity contribution in [2.75, 3.05) is 18.1 Å². The Morgan fingerprint density at radius 1 is 1.15 bits per heavy atom. The second-order valence-corrected chi connectivity index (χ2v) is 7.45. The van der Waals surface area contributed by atoms with Crippen LogP contribution in [-0.4, -0.2) is 30.5 Å². The van der Waals surface area contributed by atoms with Crippen LogP contribution in [0.3, 0.4) is 0 Å². The lowest BCUT2D eigenvalue weighted by Crippen LogP contribution is -2.33. The molecule has 138 valence electrons. The van der Waals surface area contributed by atoms with Crippen molar-refractivity contribution in [3.8, 4) is 5.75 Å². The topological polar surface area (TPSA) is 62.3 Å². The SMILES string of the molecule is O=C(O)N(C[C@@H]1CO1)c1cc(OCc2ccccc2)c2ccccc2c1I. The third kappa shape index (κ3) is 4.01. The van der Waals surface area contributed by atoms with Crippen molar-refractivity contribution < 1.29 is 19.4 Å². The molecule has 0 unspecified atom stereocenters. The number of epoxide rings is 1. The first-order valence-electron chi connectivity index (χ1n) is 8.63. The number of hydrogen-bond acceptors (Lipinski definition) is 3. The van der Waals surface area contributed by atoms with E-state index < -0.39 is 6.09 Å². The Bertz CT molecular complexity index is 973. The predicted octanol–water partition coefficient (Wildman–Crippen LogP) is 4.91. The monoisotopic (exact) mass is 475 g/mol. The molecule has 3 aromatic rings. The van der Waals surface area contributed by atoms with E-state index in [9.17, 15) is 9.90 Å². The number of carboxylic acid groups (broad SMARTS) is 1. The number of halogens is 1. The Morgan fingerprint density at radius 2 is 1.81 bits per heavy atom. The Kier molecular flexibility index (Phi) is 5.18. The third-order valence-corrected chi connectivity index (χ3v) is 5.60. The molecule has 0 radical (unpaired) electrons. The Labute approximate surface area is 170 Å². The highest BCUT2D eigenvalue weighted by Crippen LogP contribution is 2.38. The highest BCUT2D eigenvalue weighted by Gasteiger charge is 2.30. The fourth-order valence-corrected chi connectivity index (χ4v) is 3.92. The van der Waals surface area contributed by atoms with Gasteiger partial charge in [0, 0.05) is 20.4 Å². The van der Waals surface area contributed by atoms with Crippen LogP contribution in [0.15, 0.2) is 60.7 Å². The quantitative estimate of drug-likeness (QED) is 0.407. The molecule has 1 saturated heterocycles. The minimum Gasteiger partial charge on any atom is -0.488 e. The van der Waals surface area contributed by atoms with Crippen LogP contribution in [0, 0.1) is 3.57 Å². The van der Waals surface area contributed by atoms with Crippen molar-refractivity contribution in [2.45, 2.75) is 12.7 Å². The van der Waals surface area contributed by atoms with Crippen molar-refractivity contribution in [3.63, 3.8) is 0 Å². The number of anilines is 1. The summed E-state index contributed by atoms with van der Waals surface area (Å²) in [6.45, 7) is 1.34. The highest BCUT2D eigenvalue weighted by atomic mass is 127. The molecule has 1 fully saturated rings. The van der Waals surface area contributed by atoms with Crippen LogP contribution < -0.4 is 9.64 Å². The summed E-state index contributed by atoms with van der Waals surface area (Å²) in [7, 11) is 0. The number of hydrogen-bond donors (Lipinski definition) is 1. The fraction of sp³-hybridized carbons (Fsp3) is 0.190. The number of nitrogens with zero attached hydrogens (tertiary/aromatic N) is 1. The van der Waals surface area contributed by atoms with Gasteiger partial charge in [0.05, 0.1) is 24.9 Å². The summed E-state index contributed by atoms with van der Waals surface area (Å²) in [5.41, 5.74) is 1.68. The summed E-state index contributed by atoms with van der Waals surface area (Å²) in [6.07, 6.45) is -1.02. The van der Waals surface area contributed by atoms with E-state index in [4.69, 9.17) is 9.47 Å². The van der Waals surface area contributed by atoms with Crippen molar-refractivity contribution in [3.05, 3.63) is 69.8 Å². The lowest BCUT2D eigenvalue weighted by molar-refractivity contribution is 0.201. The largest absolute Gasteiger partial charge is 0.488 e. The first kappa shape index (κ1) is 18.1. The standard InChI is InChI=1S/C21H18INO4/c22-20-17-9-5-4-8-16(17)19(27-12-14-6-2-1-3-7-14)10-18(20)23(21(24)25)11-15-13-26-15/h1-10,15H,11-13H2,(H,24,25)/t15-/m1/s1. The van der Waals surface area contributed by atoms with Gasteiger partial charge in [-0.15, -0.1) is 0 Å². The van der Waals surface area contributed by atoms with Gasteiger partial charge in [-0.05, 0) is 28.2 Å². The van der Waals surface area contributed by atoms with Gasteiger partial charge in [-0.2, -0.15) is 0 Å². The molecule has 0 aliphatic carbocycles. The van der Waals surface area contributed by atoms with Crippen molar-refractivity contribution >= 4 is 45.1 Å². The number of fused-ring (bicyclic) bond motifs is 1. The van der Waals surface area contributed by atoms with E-state index in [1.807, 2.05) is 60.7 Å². The molecule has 6 heteroatoms. The zero-order valence-corrected chi connectivity index (χ0v) is 16.6. The van der Waals surface area contributed by atoms with Crippen molar-refractivity contribution in [2.24, 2.45) is 0 Å². The summed E-state index contributed by atoms with van der Waals surface area (Å²) in [6, 6.07) is 19.6. The molecular formula is C21H18INO4. The molecule has 3 aromatic carbocycles. The van der Waals surface area contributed by atoms with Crippen LogP contribution in [0.25, 0.3) is 10.8 Å². The maximum Gasteiger partial charge on any atom is 0.411 e. The molecule has 1 aliphatic heterocycles. The van der Waals surface area contributed by atoms with Crippen LogP contribution in [0.5, 0.6) is 5.75 Å². The molecule has 0 spiro atoms. The van der Waals surface area contributed by atoms with E-state index in [0.717, 1.165) is 19.9 Å². The second-order valence-electron chi connectivity index (χ2n) is 6.38. The Hall–Kier alpha value is -2.32. The van der Waals surface area contributed by atoms with Gasteiger partial charge in [-0.1, -0.05) is 54.6 Å². The number of ether oxygens (including phenoxy) is 2. The first-order chi connectivity index (χ1) is 13.1. The van der Waals surface area contributed by atoms with Crippen LogP contribution in [-0.2, 0) is 11.3 Å². The summed E-state index contributed by atoms with van der Waals surface area (Å²) in [5, 5.41) is 11.7. The summed E-state index contributed by atoms with van der Waals surface area (Å²) >= 11 is 2.21. The van der Waals surface area contributed by atoms with Gasteiger partial charge < -0.3 is 14.6 Å². The zero-order chi connectivity index (χ0) is 18.8. The van der Waals surface area contributed by atoms with Gasteiger partial charge in [0.2, 0.25) is 0 Å². The maximum atomic E-state index is 11.9. The van der Waals surface area contributed by atoms with E-state index in [1.165, 1.54) is 4.90 Å². The molecule has 5 nitrogen and oxygen atoms in total. The molecule has 1 N–H and O–H groups in total. The van der Waals surface area contributed by atoms with Gasteiger partial charge in [-0.3, -0.25) is 4.90 Å². The van der Waals surface area contributed by atoms with E-state index in [-0.39, 0.29) is 6.10 Å². The summed E-state index contributed by atoms with van der Waals surface area (Å²) < 4.78 is 12.2. The fourth-order valence-electron chi connectivity index (χ4n) is 3.00. The van der Waals surface area contributed by atoms with Gasteiger partial charge in [0.25, 0.3) is 0 Å². The molecule has 1 amide bonds. The lowest BCUT2D eigenvalue weighted by atomic mass is 10.1. The van der Waals surface area contributed by atoms with Crippen molar-refractivity contribution in [1.82, 2.24) is 0 Å². The summed E-state index contributed by atoms with van der Waals surface area (Å²) in [4.78, 5) is 13.2. The smallest absolute Gasteiger partial charge is 0.411 e. The number of rotatable bonds is 6. The lowest BCUT2D eigenvalue weighted by Gasteiger charge is -2.22. The van der Waals surface area contributed by atoms with E-state index in [2.05, 4.69) is 22.6 Å². The van der Waals surface area contributed by atoms with Crippen LogP contribution in [0.4, 0.5) is 10.5 Å². The normalized spacial score (nSPS) is 15.5. The minimum atomic E-state index is -0.993. The maximum absolute atomic E-state index is 11.9. The van der Waals surface area contributed by atoms with Crippen LogP contribution in [0.1, 0.15) is 5.56 Å². The van der Waals surface area contributed by atoms with Gasteiger partial charge in [-0.25, -0.2) is 4.79 Å². The molecule has 1 aliphatic rings. The molecular weight excluding hydrogens is 457 g/mol. The highest BCUT2D eigenvalue weighted by molar-refractivity contribution is 14.1. The molecule has 0 bridgehead atoms. The van der Waals surface area contributed by atoms with E-state index in [1.54, 1.807) is 0 Å². The first-order valence-corrected chi connectivity index (χ1v) is 9.71. The molecule has 4 rings (SSSR count). The molecule has 0 saturated carbocycles. The molecule has 0 aromatic heterocycles. The Morgan fingerprint density at radius 3 is 2.48 bits per heavy atom. The number of benzene rings is 3. The van der Waals surface area contributed by atoms with E-state index >= 15 is 0 Å². The van der Waals surface area contributed by atoms with Crippen LogP contribution in [0.2, 0.25) is 0 Å². The average Bonchev–Trinajstić information content (AvgIpc) is 3.51. The van der Waals surface area contributed by atoms with E-state index in [0.29, 0.717) is 31.2 Å². The number of carbonyl (C=O) groups is 1. The van der Waals surface area contributed by atoms with Gasteiger partial charge >= 0.3 is 6.09 Å². The summed E-state index contributed by atoms with van der Waals surface area (Å²) in [5.74, 6) is 0.674. The second kappa shape index (κ2) is 7.74. The molecule has 1 atom stereocenters.